The number of halogens is 1. The van der Waals surface area contributed by atoms with Crippen LogP contribution < -0.4 is 10.6 Å². The Morgan fingerprint density at radius 2 is 2.23 bits per heavy atom. The van der Waals surface area contributed by atoms with Crippen molar-refractivity contribution in [1.82, 2.24) is 10.6 Å². The van der Waals surface area contributed by atoms with Crippen LogP contribution in [-0.4, -0.2) is 23.6 Å². The van der Waals surface area contributed by atoms with Crippen molar-refractivity contribution in [2.24, 2.45) is 5.92 Å². The normalized spacial score (nSPS) is 43.8. The summed E-state index contributed by atoms with van der Waals surface area (Å²) >= 11 is 0. The van der Waals surface area contributed by atoms with E-state index >= 15 is 0 Å². The lowest BCUT2D eigenvalue weighted by molar-refractivity contribution is -0.125. The van der Waals surface area contributed by atoms with E-state index in [9.17, 15) is 14.0 Å². The van der Waals surface area contributed by atoms with Crippen molar-refractivity contribution in [2.75, 3.05) is 0 Å². The zero-order chi connectivity index (χ0) is 9.64. The Morgan fingerprint density at radius 1 is 1.54 bits per heavy atom. The standard InChI is InChI=1S/C8H11FN2O2/c1-4-2-3-8(5(4)9)6(12)10-7(13)11-8/h4-5H,2-3H2,1H3,(H2,10,11,12,13)/t4?,5?,8-/m0/s1. The minimum atomic E-state index is -1.27. The van der Waals surface area contributed by atoms with Crippen molar-refractivity contribution >= 4 is 11.9 Å². The van der Waals surface area contributed by atoms with Gasteiger partial charge in [-0.3, -0.25) is 10.1 Å². The van der Waals surface area contributed by atoms with Gasteiger partial charge in [0.15, 0.2) is 5.54 Å². The zero-order valence-electron chi connectivity index (χ0n) is 7.26. The Labute approximate surface area is 74.9 Å². The molecule has 1 saturated carbocycles. The average molecular weight is 186 g/mol. The number of carbonyl (C=O) groups is 2. The molecule has 0 aromatic heterocycles. The fourth-order valence-electron chi connectivity index (χ4n) is 2.10. The molecule has 1 aliphatic carbocycles. The van der Waals surface area contributed by atoms with Crippen LogP contribution in [0.1, 0.15) is 19.8 Å². The molecule has 1 heterocycles. The summed E-state index contributed by atoms with van der Waals surface area (Å²) in [6, 6.07) is -0.582. The number of alkyl halides is 1. The molecule has 2 unspecified atom stereocenters. The van der Waals surface area contributed by atoms with Crippen molar-refractivity contribution in [3.8, 4) is 0 Å². The maximum Gasteiger partial charge on any atom is 0.322 e. The van der Waals surface area contributed by atoms with Crippen molar-refractivity contribution < 1.29 is 14.0 Å². The third kappa shape index (κ3) is 0.959. The first-order chi connectivity index (χ1) is 6.06. The first-order valence-corrected chi connectivity index (χ1v) is 4.34. The minimum absolute atomic E-state index is 0.163. The first kappa shape index (κ1) is 8.47. The Balaban J connectivity index is 2.31. The Bertz CT molecular complexity index is 281. The molecule has 72 valence electrons. The highest BCUT2D eigenvalue weighted by Crippen LogP contribution is 2.38. The largest absolute Gasteiger partial charge is 0.322 e. The highest BCUT2D eigenvalue weighted by Gasteiger charge is 2.57. The van der Waals surface area contributed by atoms with E-state index in [1.54, 1.807) is 6.92 Å². The summed E-state index contributed by atoms with van der Waals surface area (Å²) in [4.78, 5) is 22.2. The maximum atomic E-state index is 13.6. The van der Waals surface area contributed by atoms with E-state index in [4.69, 9.17) is 0 Å². The summed E-state index contributed by atoms with van der Waals surface area (Å²) in [6.45, 7) is 1.75. The molecule has 1 saturated heterocycles. The van der Waals surface area contributed by atoms with Gasteiger partial charge in [-0.1, -0.05) is 6.92 Å². The first-order valence-electron chi connectivity index (χ1n) is 4.34. The molecule has 0 aromatic rings. The van der Waals surface area contributed by atoms with Crippen molar-refractivity contribution in [3.63, 3.8) is 0 Å². The average Bonchev–Trinajstić information content (AvgIpc) is 2.49. The molecule has 5 heteroatoms. The number of carbonyl (C=O) groups excluding carboxylic acids is 2. The van der Waals surface area contributed by atoms with Crippen LogP contribution in [0.3, 0.4) is 0 Å². The lowest BCUT2D eigenvalue weighted by atomic mass is 9.95. The van der Waals surface area contributed by atoms with Gasteiger partial charge in [0.25, 0.3) is 5.91 Å². The molecule has 3 atom stereocenters. The summed E-state index contributed by atoms with van der Waals surface area (Å²) in [7, 11) is 0. The maximum absolute atomic E-state index is 13.6. The topological polar surface area (TPSA) is 58.2 Å². The molecule has 0 aromatic carbocycles. The van der Waals surface area contributed by atoms with Crippen molar-refractivity contribution in [3.05, 3.63) is 0 Å². The lowest BCUT2D eigenvalue weighted by Crippen LogP contribution is -2.52. The van der Waals surface area contributed by atoms with Gasteiger partial charge in [-0.25, -0.2) is 9.18 Å². The molecule has 4 nitrogen and oxygen atoms in total. The number of rotatable bonds is 0. The van der Waals surface area contributed by atoms with E-state index in [-0.39, 0.29) is 5.92 Å². The number of nitrogens with one attached hydrogen (secondary N) is 2. The molecule has 2 fully saturated rings. The molecule has 3 amide bonds. The third-order valence-corrected chi connectivity index (χ3v) is 2.93. The van der Waals surface area contributed by atoms with Crippen LogP contribution in [0.25, 0.3) is 0 Å². The predicted octanol–water partition coefficient (Wildman–Crippen LogP) is 0.333. The number of hydrogen-bond donors (Lipinski definition) is 2. The van der Waals surface area contributed by atoms with Crippen molar-refractivity contribution in [2.45, 2.75) is 31.5 Å². The smallest absolute Gasteiger partial charge is 0.321 e. The SMILES string of the molecule is CC1CC[C@]2(NC(=O)NC2=O)C1F. The van der Waals surface area contributed by atoms with Crippen molar-refractivity contribution in [1.29, 1.82) is 0 Å². The predicted molar refractivity (Wildman–Crippen MR) is 42.7 cm³/mol. The van der Waals surface area contributed by atoms with Crippen LogP contribution >= 0.6 is 0 Å². The van der Waals surface area contributed by atoms with Crippen LogP contribution in [0.15, 0.2) is 0 Å². The Hall–Kier alpha value is -1.13. The number of amides is 3. The molecule has 2 N–H and O–H groups in total. The molecule has 1 aliphatic heterocycles. The van der Waals surface area contributed by atoms with E-state index < -0.39 is 23.6 Å². The van der Waals surface area contributed by atoms with Crippen LogP contribution in [0.4, 0.5) is 9.18 Å². The monoisotopic (exact) mass is 186 g/mol. The van der Waals surface area contributed by atoms with Gasteiger partial charge in [-0.05, 0) is 18.8 Å². The fraction of sp³-hybridized carbons (Fsp3) is 0.750. The van der Waals surface area contributed by atoms with Crippen LogP contribution in [0, 0.1) is 5.92 Å². The number of urea groups is 1. The fourth-order valence-corrected chi connectivity index (χ4v) is 2.10. The number of hydrogen-bond acceptors (Lipinski definition) is 2. The van der Waals surface area contributed by atoms with E-state index in [0.717, 1.165) is 0 Å². The van der Waals surface area contributed by atoms with Crippen LogP contribution in [0.2, 0.25) is 0 Å². The summed E-state index contributed by atoms with van der Waals surface area (Å²) < 4.78 is 13.6. The molecule has 2 aliphatic rings. The Kier molecular flexibility index (Phi) is 1.58. The van der Waals surface area contributed by atoms with E-state index in [2.05, 4.69) is 10.6 Å². The van der Waals surface area contributed by atoms with Gasteiger partial charge in [-0.2, -0.15) is 0 Å². The molecular weight excluding hydrogens is 175 g/mol. The number of imide groups is 1. The highest BCUT2D eigenvalue weighted by atomic mass is 19.1. The van der Waals surface area contributed by atoms with Gasteiger partial charge in [0.05, 0.1) is 0 Å². The zero-order valence-corrected chi connectivity index (χ0v) is 7.26. The molecule has 1 spiro atoms. The van der Waals surface area contributed by atoms with Gasteiger partial charge in [-0.15, -0.1) is 0 Å². The minimum Gasteiger partial charge on any atom is -0.321 e. The van der Waals surface area contributed by atoms with E-state index in [1.165, 1.54) is 0 Å². The molecule has 13 heavy (non-hydrogen) atoms. The van der Waals surface area contributed by atoms with Gasteiger partial charge in [0, 0.05) is 0 Å². The summed E-state index contributed by atoms with van der Waals surface area (Å²) in [5.74, 6) is -0.682. The second-order valence-corrected chi connectivity index (χ2v) is 3.80. The van der Waals surface area contributed by atoms with Crippen LogP contribution in [0.5, 0.6) is 0 Å². The van der Waals surface area contributed by atoms with Gasteiger partial charge in [0.2, 0.25) is 0 Å². The third-order valence-electron chi connectivity index (χ3n) is 2.93. The van der Waals surface area contributed by atoms with Gasteiger partial charge < -0.3 is 5.32 Å². The summed E-state index contributed by atoms with van der Waals surface area (Å²) in [6.07, 6.45) is -0.235. The lowest BCUT2D eigenvalue weighted by Gasteiger charge is -2.23. The molecular formula is C8H11FN2O2. The summed E-state index contributed by atoms with van der Waals surface area (Å²) in [5.41, 5.74) is -1.27. The Morgan fingerprint density at radius 3 is 2.62 bits per heavy atom. The van der Waals surface area contributed by atoms with E-state index in [0.29, 0.717) is 12.8 Å². The second kappa shape index (κ2) is 2.43. The molecule has 2 rings (SSSR count). The van der Waals surface area contributed by atoms with Gasteiger partial charge in [0.1, 0.15) is 6.17 Å². The van der Waals surface area contributed by atoms with E-state index in [1.807, 2.05) is 0 Å². The second-order valence-electron chi connectivity index (χ2n) is 3.80. The summed E-state index contributed by atoms with van der Waals surface area (Å²) in [5, 5.41) is 4.46. The van der Waals surface area contributed by atoms with Gasteiger partial charge >= 0.3 is 6.03 Å². The molecule has 0 bridgehead atoms. The molecule has 0 radical (unpaired) electrons. The highest BCUT2D eigenvalue weighted by molar-refractivity contribution is 6.07. The van der Waals surface area contributed by atoms with Crippen LogP contribution in [-0.2, 0) is 4.79 Å². The quantitative estimate of drug-likeness (QED) is 0.536.